The number of morpholine rings is 1. The van der Waals surface area contributed by atoms with E-state index in [2.05, 4.69) is 29.3 Å². The van der Waals surface area contributed by atoms with E-state index in [1.54, 1.807) is 0 Å². The molecule has 1 atom stereocenters. The zero-order chi connectivity index (χ0) is 12.4. The van der Waals surface area contributed by atoms with E-state index < -0.39 is 0 Å². The lowest BCUT2D eigenvalue weighted by atomic mass is 10.1. The smallest absolute Gasteiger partial charge is 0.144 e. The molecule has 2 aliphatic heterocycles. The molecule has 0 aliphatic carbocycles. The molecule has 18 heavy (non-hydrogen) atoms. The molecular formula is C14H20N2O2. The predicted octanol–water partition coefficient (Wildman–Crippen LogP) is 2.11. The molecule has 4 heteroatoms. The summed E-state index contributed by atoms with van der Waals surface area (Å²) >= 11 is 0. The van der Waals surface area contributed by atoms with E-state index >= 15 is 0 Å². The molecule has 0 saturated carbocycles. The van der Waals surface area contributed by atoms with Gasteiger partial charge >= 0.3 is 0 Å². The molecule has 4 nitrogen and oxygen atoms in total. The summed E-state index contributed by atoms with van der Waals surface area (Å²) in [6.45, 7) is 6.42. The van der Waals surface area contributed by atoms with Crippen LogP contribution in [0.5, 0.6) is 5.75 Å². The lowest BCUT2D eigenvalue weighted by molar-refractivity contribution is 0.0963. The lowest BCUT2D eigenvalue weighted by Crippen LogP contribution is -2.51. The Morgan fingerprint density at radius 2 is 2.44 bits per heavy atom. The van der Waals surface area contributed by atoms with Gasteiger partial charge in [0.2, 0.25) is 0 Å². The average Bonchev–Trinajstić information content (AvgIpc) is 2.44. The molecule has 0 radical (unpaired) electrons. The maximum Gasteiger partial charge on any atom is 0.144 e. The first-order chi connectivity index (χ1) is 8.90. The highest BCUT2D eigenvalue weighted by Crippen LogP contribution is 2.39. The molecule has 1 unspecified atom stereocenters. The summed E-state index contributed by atoms with van der Waals surface area (Å²) < 4.78 is 11.3. The van der Waals surface area contributed by atoms with Gasteiger partial charge in [0.25, 0.3) is 0 Å². The van der Waals surface area contributed by atoms with Crippen LogP contribution in [-0.2, 0) is 4.74 Å². The van der Waals surface area contributed by atoms with Gasteiger partial charge in [0.15, 0.2) is 0 Å². The molecule has 1 saturated heterocycles. The van der Waals surface area contributed by atoms with Gasteiger partial charge in [-0.15, -0.1) is 0 Å². The predicted molar refractivity (Wildman–Crippen MR) is 72.7 cm³/mol. The third-order valence-electron chi connectivity index (χ3n) is 3.52. The van der Waals surface area contributed by atoms with E-state index in [4.69, 9.17) is 9.47 Å². The average molecular weight is 248 g/mol. The minimum atomic E-state index is 0.452. The molecule has 0 amide bonds. The minimum absolute atomic E-state index is 0.452. The van der Waals surface area contributed by atoms with E-state index in [1.165, 1.54) is 5.69 Å². The number of para-hydroxylation sites is 1. The molecule has 0 aromatic heterocycles. The number of ether oxygens (including phenoxy) is 2. The first-order valence-corrected chi connectivity index (χ1v) is 6.74. The van der Waals surface area contributed by atoms with Crippen molar-refractivity contribution in [2.45, 2.75) is 19.4 Å². The Kier molecular flexibility index (Phi) is 3.28. The third kappa shape index (κ3) is 2.01. The largest absolute Gasteiger partial charge is 0.491 e. The zero-order valence-electron chi connectivity index (χ0n) is 10.8. The van der Waals surface area contributed by atoms with Crippen molar-refractivity contribution in [2.75, 3.05) is 43.1 Å². The van der Waals surface area contributed by atoms with Crippen LogP contribution in [0, 0.1) is 0 Å². The van der Waals surface area contributed by atoms with Crippen molar-refractivity contribution >= 4 is 11.4 Å². The number of hydrogen-bond acceptors (Lipinski definition) is 4. The van der Waals surface area contributed by atoms with Crippen LogP contribution in [0.4, 0.5) is 11.4 Å². The number of benzene rings is 1. The Bertz CT molecular complexity index is 422. The van der Waals surface area contributed by atoms with Crippen LogP contribution in [0.15, 0.2) is 18.2 Å². The maximum atomic E-state index is 5.81. The van der Waals surface area contributed by atoms with Crippen molar-refractivity contribution in [3.05, 3.63) is 18.2 Å². The molecule has 3 rings (SSSR count). The van der Waals surface area contributed by atoms with Gasteiger partial charge in [-0.3, -0.25) is 0 Å². The number of fused-ring (bicyclic) bond motifs is 3. The summed E-state index contributed by atoms with van der Waals surface area (Å²) in [7, 11) is 0. The Balaban J connectivity index is 1.89. The highest BCUT2D eigenvalue weighted by Gasteiger charge is 2.30. The summed E-state index contributed by atoms with van der Waals surface area (Å²) in [6, 6.07) is 6.73. The number of nitrogens with one attached hydrogen (secondary N) is 1. The first-order valence-electron chi connectivity index (χ1n) is 6.74. The second-order valence-corrected chi connectivity index (χ2v) is 4.80. The van der Waals surface area contributed by atoms with Gasteiger partial charge < -0.3 is 19.7 Å². The molecule has 1 aromatic carbocycles. The van der Waals surface area contributed by atoms with Crippen LogP contribution in [-0.4, -0.2) is 39.0 Å². The summed E-state index contributed by atoms with van der Waals surface area (Å²) in [4.78, 5) is 2.44. The fraction of sp³-hybridized carbons (Fsp3) is 0.571. The molecule has 1 N–H and O–H groups in total. The van der Waals surface area contributed by atoms with Gasteiger partial charge in [0.05, 0.1) is 31.5 Å². The lowest BCUT2D eigenvalue weighted by Gasteiger charge is -2.42. The van der Waals surface area contributed by atoms with Crippen molar-refractivity contribution < 1.29 is 9.47 Å². The number of rotatable bonds is 3. The standard InChI is InChI=1S/C14H20N2O2/c1-2-7-18-13-5-3-4-12-14(13)15-9-11-10-17-8-6-16(11)12/h3-5,11,15H,2,6-10H2,1H3. The maximum absolute atomic E-state index is 5.81. The zero-order valence-corrected chi connectivity index (χ0v) is 10.8. The van der Waals surface area contributed by atoms with E-state index in [1.807, 2.05) is 6.07 Å². The van der Waals surface area contributed by atoms with Gasteiger partial charge in [0.1, 0.15) is 11.4 Å². The molecule has 2 aliphatic rings. The first kappa shape index (κ1) is 11.7. The monoisotopic (exact) mass is 248 g/mol. The molecule has 2 heterocycles. The number of anilines is 2. The topological polar surface area (TPSA) is 33.7 Å². The van der Waals surface area contributed by atoms with E-state index in [0.29, 0.717) is 6.04 Å². The molecule has 98 valence electrons. The fourth-order valence-electron chi connectivity index (χ4n) is 2.63. The second kappa shape index (κ2) is 5.06. The molecule has 0 bridgehead atoms. The van der Waals surface area contributed by atoms with Crippen LogP contribution >= 0.6 is 0 Å². The Labute approximate surface area is 108 Å². The van der Waals surface area contributed by atoms with Crippen molar-refractivity contribution in [1.29, 1.82) is 0 Å². The second-order valence-electron chi connectivity index (χ2n) is 4.80. The highest BCUT2D eigenvalue weighted by molar-refractivity contribution is 5.79. The normalized spacial score (nSPS) is 21.8. The summed E-state index contributed by atoms with van der Waals surface area (Å²) in [6.07, 6.45) is 1.03. The van der Waals surface area contributed by atoms with E-state index in [-0.39, 0.29) is 0 Å². The Hall–Kier alpha value is -1.42. The Morgan fingerprint density at radius 1 is 1.50 bits per heavy atom. The van der Waals surface area contributed by atoms with Gasteiger partial charge in [-0.05, 0) is 18.6 Å². The van der Waals surface area contributed by atoms with Crippen molar-refractivity contribution in [3.63, 3.8) is 0 Å². The number of hydrogen-bond donors (Lipinski definition) is 1. The van der Waals surface area contributed by atoms with E-state index in [9.17, 15) is 0 Å². The van der Waals surface area contributed by atoms with Crippen molar-refractivity contribution in [3.8, 4) is 5.75 Å². The summed E-state index contributed by atoms with van der Waals surface area (Å²) in [5.74, 6) is 0.972. The summed E-state index contributed by atoms with van der Waals surface area (Å²) in [5.41, 5.74) is 2.40. The SMILES string of the molecule is CCCOc1cccc2c1NCC1COCCN21. The highest BCUT2D eigenvalue weighted by atomic mass is 16.5. The van der Waals surface area contributed by atoms with Crippen LogP contribution in [0.3, 0.4) is 0 Å². The van der Waals surface area contributed by atoms with Gasteiger partial charge in [-0.25, -0.2) is 0 Å². The minimum Gasteiger partial charge on any atom is -0.491 e. The van der Waals surface area contributed by atoms with Crippen LogP contribution in [0.2, 0.25) is 0 Å². The molecule has 0 spiro atoms. The third-order valence-corrected chi connectivity index (χ3v) is 3.52. The fourth-order valence-corrected chi connectivity index (χ4v) is 2.63. The quantitative estimate of drug-likeness (QED) is 0.888. The van der Waals surface area contributed by atoms with Gasteiger partial charge in [-0.2, -0.15) is 0 Å². The van der Waals surface area contributed by atoms with Crippen molar-refractivity contribution in [2.24, 2.45) is 0 Å². The molecular weight excluding hydrogens is 228 g/mol. The van der Waals surface area contributed by atoms with Crippen LogP contribution in [0.1, 0.15) is 13.3 Å². The molecule has 1 aromatic rings. The van der Waals surface area contributed by atoms with Crippen LogP contribution < -0.4 is 15.0 Å². The van der Waals surface area contributed by atoms with Crippen LogP contribution in [0.25, 0.3) is 0 Å². The molecule has 1 fully saturated rings. The van der Waals surface area contributed by atoms with Crippen molar-refractivity contribution in [1.82, 2.24) is 0 Å². The number of nitrogens with zero attached hydrogens (tertiary/aromatic N) is 1. The van der Waals surface area contributed by atoms with Gasteiger partial charge in [-0.1, -0.05) is 13.0 Å². The summed E-state index contributed by atoms with van der Waals surface area (Å²) in [5, 5.41) is 3.49. The van der Waals surface area contributed by atoms with E-state index in [0.717, 1.165) is 50.8 Å². The van der Waals surface area contributed by atoms with Gasteiger partial charge in [0, 0.05) is 13.1 Å². The Morgan fingerprint density at radius 3 is 3.33 bits per heavy atom.